The second-order valence-corrected chi connectivity index (χ2v) is 4.24. The van der Waals surface area contributed by atoms with Gasteiger partial charge in [-0.2, -0.15) is 0 Å². The summed E-state index contributed by atoms with van der Waals surface area (Å²) in [5, 5.41) is 3.41. The van der Waals surface area contributed by atoms with Crippen LogP contribution < -0.4 is 10.1 Å². The Hall–Kier alpha value is -1.96. The van der Waals surface area contributed by atoms with E-state index in [1.165, 1.54) is 22.4 Å². The monoisotopic (exact) mass is 225 g/mol. The second-order valence-electron chi connectivity index (χ2n) is 4.24. The summed E-state index contributed by atoms with van der Waals surface area (Å²) >= 11 is 0. The molecule has 0 unspecified atom stereocenters. The molecule has 0 bridgehead atoms. The van der Waals surface area contributed by atoms with Gasteiger partial charge in [-0.3, -0.25) is 0 Å². The lowest BCUT2D eigenvalue weighted by molar-refractivity contribution is 0.415. The normalized spacial score (nSPS) is 13.0. The van der Waals surface area contributed by atoms with E-state index in [-0.39, 0.29) is 0 Å². The Balaban J connectivity index is 2.06. The Morgan fingerprint density at radius 2 is 1.88 bits per heavy atom. The Morgan fingerprint density at radius 3 is 2.65 bits per heavy atom. The van der Waals surface area contributed by atoms with Gasteiger partial charge in [0.2, 0.25) is 0 Å². The van der Waals surface area contributed by atoms with Gasteiger partial charge in [0.05, 0.1) is 7.11 Å². The minimum atomic E-state index is 0.902. The summed E-state index contributed by atoms with van der Waals surface area (Å²) in [4.78, 5) is 0. The molecular formula is C15H15NO. The molecule has 0 aromatic heterocycles. The predicted octanol–water partition coefficient (Wildman–Crippen LogP) is 3.33. The number of benzene rings is 2. The van der Waals surface area contributed by atoms with Crippen LogP contribution in [0.4, 0.5) is 5.69 Å². The molecule has 1 aliphatic heterocycles. The third-order valence-corrected chi connectivity index (χ3v) is 3.27. The molecule has 0 atom stereocenters. The number of anilines is 1. The van der Waals surface area contributed by atoms with Gasteiger partial charge in [-0.25, -0.2) is 0 Å². The fourth-order valence-corrected chi connectivity index (χ4v) is 2.38. The van der Waals surface area contributed by atoms with Crippen LogP contribution in [-0.4, -0.2) is 13.7 Å². The Kier molecular flexibility index (Phi) is 2.48. The highest BCUT2D eigenvalue weighted by molar-refractivity contribution is 5.76. The maximum atomic E-state index is 5.19. The highest BCUT2D eigenvalue weighted by Gasteiger charge is 2.14. The minimum absolute atomic E-state index is 0.902. The van der Waals surface area contributed by atoms with E-state index in [9.17, 15) is 0 Å². The SMILES string of the molecule is COc1ccc(-c2cccc3c2CCN3)cc1. The van der Waals surface area contributed by atoms with Crippen molar-refractivity contribution in [2.75, 3.05) is 19.0 Å². The zero-order valence-corrected chi connectivity index (χ0v) is 9.86. The quantitative estimate of drug-likeness (QED) is 0.846. The number of rotatable bonds is 2. The molecule has 1 aliphatic rings. The van der Waals surface area contributed by atoms with Crippen molar-refractivity contribution in [2.24, 2.45) is 0 Å². The molecule has 0 spiro atoms. The maximum Gasteiger partial charge on any atom is 0.118 e. The van der Waals surface area contributed by atoms with Crippen LogP contribution in [0.2, 0.25) is 0 Å². The minimum Gasteiger partial charge on any atom is -0.497 e. The van der Waals surface area contributed by atoms with Crippen molar-refractivity contribution in [3.63, 3.8) is 0 Å². The highest BCUT2D eigenvalue weighted by Crippen LogP contribution is 2.33. The average molecular weight is 225 g/mol. The Labute approximate surface area is 101 Å². The maximum absolute atomic E-state index is 5.19. The first-order valence-electron chi connectivity index (χ1n) is 5.88. The predicted molar refractivity (Wildman–Crippen MR) is 70.6 cm³/mol. The van der Waals surface area contributed by atoms with Gasteiger partial charge < -0.3 is 10.1 Å². The molecule has 2 heteroatoms. The Bertz CT molecular complexity index is 531. The third kappa shape index (κ3) is 1.76. The first-order valence-corrected chi connectivity index (χ1v) is 5.88. The molecule has 0 saturated heterocycles. The van der Waals surface area contributed by atoms with E-state index in [0.717, 1.165) is 18.7 Å². The van der Waals surface area contributed by atoms with Crippen molar-refractivity contribution in [3.8, 4) is 16.9 Å². The van der Waals surface area contributed by atoms with Crippen LogP contribution in [0.25, 0.3) is 11.1 Å². The van der Waals surface area contributed by atoms with Crippen molar-refractivity contribution in [1.29, 1.82) is 0 Å². The summed E-state index contributed by atoms with van der Waals surface area (Å²) in [6.45, 7) is 1.04. The summed E-state index contributed by atoms with van der Waals surface area (Å²) < 4.78 is 5.19. The van der Waals surface area contributed by atoms with Crippen molar-refractivity contribution < 1.29 is 4.74 Å². The first kappa shape index (κ1) is 10.2. The number of methoxy groups -OCH3 is 1. The molecule has 0 saturated carbocycles. The fourth-order valence-electron chi connectivity index (χ4n) is 2.38. The zero-order chi connectivity index (χ0) is 11.7. The van der Waals surface area contributed by atoms with Gasteiger partial charge in [0, 0.05) is 12.2 Å². The number of ether oxygens (including phenoxy) is 1. The van der Waals surface area contributed by atoms with Crippen LogP contribution in [0.1, 0.15) is 5.56 Å². The van der Waals surface area contributed by atoms with Gasteiger partial charge in [-0.1, -0.05) is 24.3 Å². The van der Waals surface area contributed by atoms with E-state index >= 15 is 0 Å². The smallest absolute Gasteiger partial charge is 0.118 e. The first-order chi connectivity index (χ1) is 8.38. The molecule has 1 heterocycles. The summed E-state index contributed by atoms with van der Waals surface area (Å²) in [5.41, 5.74) is 5.29. The number of hydrogen-bond donors (Lipinski definition) is 1. The molecule has 17 heavy (non-hydrogen) atoms. The lowest BCUT2D eigenvalue weighted by Gasteiger charge is -2.08. The van der Waals surface area contributed by atoms with Gasteiger partial charge in [-0.15, -0.1) is 0 Å². The van der Waals surface area contributed by atoms with Gasteiger partial charge in [0.15, 0.2) is 0 Å². The molecule has 1 N–H and O–H groups in total. The fraction of sp³-hybridized carbons (Fsp3) is 0.200. The zero-order valence-electron chi connectivity index (χ0n) is 9.86. The van der Waals surface area contributed by atoms with Crippen LogP contribution in [-0.2, 0) is 6.42 Å². The molecule has 2 aromatic carbocycles. The van der Waals surface area contributed by atoms with Crippen molar-refractivity contribution in [2.45, 2.75) is 6.42 Å². The largest absolute Gasteiger partial charge is 0.497 e. The van der Waals surface area contributed by atoms with Crippen LogP contribution in [0.15, 0.2) is 42.5 Å². The van der Waals surface area contributed by atoms with E-state index in [1.807, 2.05) is 12.1 Å². The topological polar surface area (TPSA) is 21.3 Å². The van der Waals surface area contributed by atoms with Crippen LogP contribution in [0.5, 0.6) is 5.75 Å². The summed E-state index contributed by atoms with van der Waals surface area (Å²) in [7, 11) is 1.69. The summed E-state index contributed by atoms with van der Waals surface area (Å²) in [5.74, 6) is 0.902. The lowest BCUT2D eigenvalue weighted by Crippen LogP contribution is -1.90. The summed E-state index contributed by atoms with van der Waals surface area (Å²) in [6, 6.07) is 14.7. The standard InChI is InChI=1S/C15H15NO/c1-17-12-7-5-11(6-8-12)13-3-2-4-15-14(13)9-10-16-15/h2-8,16H,9-10H2,1H3. The highest BCUT2D eigenvalue weighted by atomic mass is 16.5. The van der Waals surface area contributed by atoms with E-state index < -0.39 is 0 Å². The molecule has 86 valence electrons. The van der Waals surface area contributed by atoms with Crippen LogP contribution in [0, 0.1) is 0 Å². The van der Waals surface area contributed by atoms with Gasteiger partial charge >= 0.3 is 0 Å². The number of nitrogens with one attached hydrogen (secondary N) is 1. The van der Waals surface area contributed by atoms with Gasteiger partial charge in [-0.05, 0) is 41.3 Å². The van der Waals surface area contributed by atoms with Crippen LogP contribution >= 0.6 is 0 Å². The molecule has 0 aliphatic carbocycles. The molecule has 2 aromatic rings. The second kappa shape index (κ2) is 4.13. The molecular weight excluding hydrogens is 210 g/mol. The van der Waals surface area contributed by atoms with Gasteiger partial charge in [0.25, 0.3) is 0 Å². The third-order valence-electron chi connectivity index (χ3n) is 3.27. The van der Waals surface area contributed by atoms with Crippen molar-refractivity contribution in [1.82, 2.24) is 0 Å². The number of fused-ring (bicyclic) bond motifs is 1. The molecule has 0 radical (unpaired) electrons. The van der Waals surface area contributed by atoms with Gasteiger partial charge in [0.1, 0.15) is 5.75 Å². The van der Waals surface area contributed by atoms with Crippen molar-refractivity contribution in [3.05, 3.63) is 48.0 Å². The average Bonchev–Trinajstić information content (AvgIpc) is 2.87. The molecule has 0 fully saturated rings. The van der Waals surface area contributed by atoms with Crippen LogP contribution in [0.3, 0.4) is 0 Å². The molecule has 2 nitrogen and oxygen atoms in total. The molecule has 0 amide bonds. The lowest BCUT2D eigenvalue weighted by atomic mass is 9.98. The van der Waals surface area contributed by atoms with E-state index in [1.54, 1.807) is 7.11 Å². The van der Waals surface area contributed by atoms with E-state index in [4.69, 9.17) is 4.74 Å². The number of hydrogen-bond acceptors (Lipinski definition) is 2. The van der Waals surface area contributed by atoms with E-state index in [0.29, 0.717) is 0 Å². The Morgan fingerprint density at radius 1 is 1.06 bits per heavy atom. The summed E-state index contributed by atoms with van der Waals surface area (Å²) in [6.07, 6.45) is 1.11. The van der Waals surface area contributed by atoms with Crippen molar-refractivity contribution >= 4 is 5.69 Å². The van der Waals surface area contributed by atoms with E-state index in [2.05, 4.69) is 35.6 Å². The molecule has 3 rings (SSSR count).